The van der Waals surface area contributed by atoms with Crippen LogP contribution in [0.2, 0.25) is 0 Å². The second-order valence-electron chi connectivity index (χ2n) is 10.7. The minimum absolute atomic E-state index is 0.0538. The van der Waals surface area contributed by atoms with Crippen molar-refractivity contribution in [3.63, 3.8) is 0 Å². The van der Waals surface area contributed by atoms with Crippen LogP contribution in [0, 0.1) is 11.8 Å². The third-order valence-electron chi connectivity index (χ3n) is 8.42. The van der Waals surface area contributed by atoms with Gasteiger partial charge in [-0.2, -0.15) is 0 Å². The average Bonchev–Trinajstić information content (AvgIpc) is 3.42. The van der Waals surface area contributed by atoms with Crippen molar-refractivity contribution in [2.75, 3.05) is 19.8 Å². The molecule has 7 atom stereocenters. The minimum Gasteiger partial charge on any atom is -0.465 e. The average molecular weight is 505 g/mol. The maximum atomic E-state index is 14.3. The van der Waals surface area contributed by atoms with E-state index in [1.54, 1.807) is 17.1 Å². The van der Waals surface area contributed by atoms with Gasteiger partial charge in [-0.1, -0.05) is 32.4 Å². The lowest BCUT2D eigenvalue weighted by atomic mass is 9.66. The summed E-state index contributed by atoms with van der Waals surface area (Å²) in [7, 11) is 0. The van der Waals surface area contributed by atoms with Crippen LogP contribution < -0.4 is 0 Å². The normalized spacial score (nSPS) is 32.2. The van der Waals surface area contributed by atoms with Crippen LogP contribution in [0.5, 0.6) is 0 Å². The third kappa shape index (κ3) is 4.62. The molecule has 0 radical (unpaired) electrons. The van der Waals surface area contributed by atoms with Gasteiger partial charge >= 0.3 is 5.97 Å². The van der Waals surface area contributed by atoms with Crippen LogP contribution in [0.15, 0.2) is 25.3 Å². The molecule has 0 aromatic carbocycles. The van der Waals surface area contributed by atoms with Crippen molar-refractivity contribution >= 4 is 17.8 Å². The first kappa shape index (κ1) is 28.4. The molecule has 3 saturated heterocycles. The summed E-state index contributed by atoms with van der Waals surface area (Å²) >= 11 is 0. The van der Waals surface area contributed by atoms with Crippen LogP contribution in [-0.4, -0.2) is 81.8 Å². The molecule has 3 fully saturated rings. The van der Waals surface area contributed by atoms with Crippen molar-refractivity contribution in [1.82, 2.24) is 9.80 Å². The summed E-state index contributed by atoms with van der Waals surface area (Å²) in [6.07, 6.45) is 8.11. The van der Waals surface area contributed by atoms with Crippen LogP contribution >= 0.6 is 0 Å². The van der Waals surface area contributed by atoms with E-state index >= 15 is 0 Å². The molecule has 3 unspecified atom stereocenters. The molecule has 202 valence electrons. The lowest BCUT2D eigenvalue weighted by molar-refractivity contribution is -0.162. The minimum atomic E-state index is -1.12. The molecule has 0 aromatic heterocycles. The molecular formula is C28H44N2O6. The van der Waals surface area contributed by atoms with E-state index in [9.17, 15) is 19.5 Å². The van der Waals surface area contributed by atoms with E-state index in [0.717, 1.165) is 19.3 Å². The maximum Gasteiger partial charge on any atom is 0.312 e. The molecule has 36 heavy (non-hydrogen) atoms. The molecule has 8 heteroatoms. The summed E-state index contributed by atoms with van der Waals surface area (Å²) in [5.74, 6) is -2.56. The van der Waals surface area contributed by atoms with Gasteiger partial charge in [0, 0.05) is 12.6 Å². The maximum absolute atomic E-state index is 14.3. The number of ether oxygens (including phenoxy) is 2. The van der Waals surface area contributed by atoms with Gasteiger partial charge in [-0.05, 0) is 52.4 Å². The van der Waals surface area contributed by atoms with Crippen molar-refractivity contribution in [2.24, 2.45) is 11.8 Å². The summed E-state index contributed by atoms with van der Waals surface area (Å²) < 4.78 is 12.2. The van der Waals surface area contributed by atoms with E-state index in [0.29, 0.717) is 32.2 Å². The summed E-state index contributed by atoms with van der Waals surface area (Å²) in [6, 6.07) is -1.51. The van der Waals surface area contributed by atoms with Crippen LogP contribution in [-0.2, 0) is 23.9 Å². The second kappa shape index (κ2) is 11.5. The van der Waals surface area contributed by atoms with E-state index in [-0.39, 0.29) is 31.1 Å². The number of aliphatic hydroxyl groups excluding tert-OH is 1. The zero-order valence-corrected chi connectivity index (χ0v) is 22.4. The van der Waals surface area contributed by atoms with Gasteiger partial charge in [0.05, 0.1) is 30.8 Å². The molecule has 0 aromatic rings. The van der Waals surface area contributed by atoms with E-state index in [1.807, 2.05) is 20.8 Å². The van der Waals surface area contributed by atoms with Gasteiger partial charge in [0.1, 0.15) is 17.6 Å². The number of fused-ring (bicyclic) bond motifs is 1. The zero-order valence-electron chi connectivity index (χ0n) is 22.4. The Labute approximate surface area is 215 Å². The van der Waals surface area contributed by atoms with E-state index in [1.165, 1.54) is 4.90 Å². The van der Waals surface area contributed by atoms with E-state index in [2.05, 4.69) is 20.1 Å². The molecular weight excluding hydrogens is 460 g/mol. The van der Waals surface area contributed by atoms with Gasteiger partial charge < -0.3 is 24.4 Å². The highest BCUT2D eigenvalue weighted by molar-refractivity contribution is 5.98. The predicted octanol–water partition coefficient (Wildman–Crippen LogP) is 3.23. The highest BCUT2D eigenvalue weighted by Gasteiger charge is 2.79. The molecule has 0 saturated carbocycles. The fraction of sp³-hybridized carbons (Fsp3) is 0.750. The summed E-state index contributed by atoms with van der Waals surface area (Å²) in [5.41, 5.74) is -2.00. The molecule has 1 N–H and O–H groups in total. The number of aliphatic hydroxyl groups is 1. The Morgan fingerprint density at radius 3 is 2.61 bits per heavy atom. The van der Waals surface area contributed by atoms with Crippen molar-refractivity contribution < 1.29 is 29.0 Å². The number of carbonyl (C=O) groups is 3. The molecule has 0 aliphatic carbocycles. The first-order valence-electron chi connectivity index (χ1n) is 13.5. The molecule has 2 amide bonds. The number of amides is 2. The monoisotopic (exact) mass is 504 g/mol. The highest BCUT2D eigenvalue weighted by atomic mass is 16.6. The Hall–Kier alpha value is -2.19. The van der Waals surface area contributed by atoms with Gasteiger partial charge in [-0.3, -0.25) is 14.4 Å². The molecule has 3 rings (SSSR count). The van der Waals surface area contributed by atoms with E-state index in [4.69, 9.17) is 9.47 Å². The number of nitrogens with zero attached hydrogens (tertiary/aromatic N) is 2. The number of likely N-dealkylation sites (tertiary alicyclic amines) is 1. The Bertz CT molecular complexity index is 857. The second-order valence-corrected chi connectivity index (χ2v) is 10.7. The van der Waals surface area contributed by atoms with Crippen LogP contribution in [0.3, 0.4) is 0 Å². The Morgan fingerprint density at radius 1 is 1.31 bits per heavy atom. The molecule has 2 bridgehead atoms. The molecule has 3 aliphatic rings. The number of allylic oxidation sites excluding steroid dienone is 1. The Kier molecular flexibility index (Phi) is 9.04. The number of esters is 1. The summed E-state index contributed by atoms with van der Waals surface area (Å²) in [5, 5.41) is 10.2. The number of hydrogen-bond donors (Lipinski definition) is 1. The highest BCUT2D eigenvalue weighted by Crippen LogP contribution is 2.63. The molecule has 3 heterocycles. The zero-order chi connectivity index (χ0) is 26.7. The van der Waals surface area contributed by atoms with Crippen molar-refractivity contribution in [3.8, 4) is 0 Å². The fourth-order valence-corrected chi connectivity index (χ4v) is 6.65. The number of carbonyl (C=O) groups excluding carboxylic acids is 3. The van der Waals surface area contributed by atoms with Crippen LogP contribution in [0.4, 0.5) is 0 Å². The predicted molar refractivity (Wildman–Crippen MR) is 137 cm³/mol. The van der Waals surface area contributed by atoms with Gasteiger partial charge in [-0.15, -0.1) is 13.2 Å². The standard InChI is InChI=1S/C28H44N2O6/c1-7-11-12-17-35-26(34)22-21-24(32)30(20(10-4)18-31)23(28(21)15-14-27(22,6)36-28)25(33)29(16-9-3)19(5)13-8-2/h7,9,19-23,31H,1,3,8,10-18H2,2,4-6H3/t19?,20-,21-,22+,23?,27-,28?/m0/s1. The van der Waals surface area contributed by atoms with E-state index < -0.39 is 41.1 Å². The topological polar surface area (TPSA) is 96.4 Å². The fourth-order valence-electron chi connectivity index (χ4n) is 6.65. The largest absolute Gasteiger partial charge is 0.465 e. The Balaban J connectivity index is 2.04. The number of unbranched alkanes of at least 4 members (excludes halogenated alkanes) is 1. The summed E-state index contributed by atoms with van der Waals surface area (Å²) in [4.78, 5) is 45.0. The lowest BCUT2D eigenvalue weighted by Crippen LogP contribution is -2.60. The van der Waals surface area contributed by atoms with Gasteiger partial charge in [0.2, 0.25) is 11.8 Å². The SMILES string of the molecule is C=CCCCOC(=O)[C@H]1[C@H]2C(=O)N([C@@H](CC)CO)C(C(=O)N(CC=C)C(C)CCC)C23CC[C@]1(C)O3. The molecule has 8 nitrogen and oxygen atoms in total. The quantitative estimate of drug-likeness (QED) is 0.222. The first-order chi connectivity index (χ1) is 17.2. The smallest absolute Gasteiger partial charge is 0.312 e. The Morgan fingerprint density at radius 2 is 2.03 bits per heavy atom. The third-order valence-corrected chi connectivity index (χ3v) is 8.42. The van der Waals surface area contributed by atoms with Gasteiger partial charge in [0.25, 0.3) is 0 Å². The van der Waals surface area contributed by atoms with Crippen LogP contribution in [0.1, 0.15) is 72.6 Å². The van der Waals surface area contributed by atoms with Crippen molar-refractivity contribution in [3.05, 3.63) is 25.3 Å². The molecule has 1 spiro atoms. The summed E-state index contributed by atoms with van der Waals surface area (Å²) in [6.45, 7) is 15.7. The van der Waals surface area contributed by atoms with Gasteiger partial charge in [0.15, 0.2) is 0 Å². The number of rotatable bonds is 14. The van der Waals surface area contributed by atoms with Crippen LogP contribution in [0.25, 0.3) is 0 Å². The van der Waals surface area contributed by atoms with Gasteiger partial charge in [-0.25, -0.2) is 0 Å². The lowest BCUT2D eigenvalue weighted by Gasteiger charge is -2.41. The molecule has 3 aliphatic heterocycles. The first-order valence-corrected chi connectivity index (χ1v) is 13.5. The number of hydrogen-bond acceptors (Lipinski definition) is 6. The van der Waals surface area contributed by atoms with Crippen molar-refractivity contribution in [2.45, 2.75) is 102 Å². The van der Waals surface area contributed by atoms with Crippen molar-refractivity contribution in [1.29, 1.82) is 0 Å².